The molecule has 2 nitrogen and oxygen atoms in total. The third-order valence-corrected chi connectivity index (χ3v) is 5.95. The van der Waals surface area contributed by atoms with Gasteiger partial charge in [0, 0.05) is 21.4 Å². The molecule has 1 aromatic heterocycles. The number of pyridine rings is 1. The van der Waals surface area contributed by atoms with Crippen molar-refractivity contribution in [3.8, 4) is 11.1 Å². The number of fused-ring (bicyclic) bond motifs is 1. The second kappa shape index (κ2) is 9.81. The molecule has 0 saturated heterocycles. The Morgan fingerprint density at radius 1 is 1.17 bits per heavy atom. The van der Waals surface area contributed by atoms with Crippen LogP contribution in [-0.2, 0) is 6.42 Å². The third kappa shape index (κ3) is 4.57. The van der Waals surface area contributed by atoms with Crippen LogP contribution >= 0.6 is 24.6 Å². The lowest BCUT2D eigenvalue weighted by molar-refractivity contribution is 0.549. The molecule has 1 heterocycles. The second-order valence-corrected chi connectivity index (χ2v) is 7.76. The molecule has 0 fully saturated rings. The van der Waals surface area contributed by atoms with Crippen LogP contribution in [0, 0.1) is 0 Å². The molecule has 0 radical (unpaired) electrons. The van der Waals surface area contributed by atoms with E-state index in [1.165, 1.54) is 23.6 Å². The lowest BCUT2D eigenvalue weighted by Crippen LogP contribution is -1.95. The maximum absolute atomic E-state index is 13.2. The van der Waals surface area contributed by atoms with E-state index < -0.39 is 6.67 Å². The molecule has 0 aliphatic carbocycles. The van der Waals surface area contributed by atoms with E-state index in [9.17, 15) is 4.39 Å². The summed E-state index contributed by atoms with van der Waals surface area (Å²) in [6.45, 7) is 9.01. The Bertz CT molecular complexity index is 1090. The average molecular weight is 423 g/mol. The largest absolute Gasteiger partial charge is 0.324 e. The molecule has 0 unspecified atom stereocenters. The first-order valence-corrected chi connectivity index (χ1v) is 10.6. The van der Waals surface area contributed by atoms with Crippen molar-refractivity contribution in [2.24, 2.45) is 0 Å². The molecule has 148 valence electrons. The van der Waals surface area contributed by atoms with Crippen molar-refractivity contribution in [3.63, 3.8) is 0 Å². The van der Waals surface area contributed by atoms with Gasteiger partial charge in [0.05, 0.1) is 11.2 Å². The van der Waals surface area contributed by atoms with Gasteiger partial charge in [-0.25, -0.2) is 4.39 Å². The van der Waals surface area contributed by atoms with E-state index in [1.807, 2.05) is 30.5 Å². The minimum absolute atomic E-state index is 0.504. The maximum atomic E-state index is 13.2. The van der Waals surface area contributed by atoms with Gasteiger partial charge in [-0.1, -0.05) is 50.4 Å². The van der Waals surface area contributed by atoms with Gasteiger partial charge in [0.1, 0.15) is 6.67 Å². The van der Waals surface area contributed by atoms with E-state index in [4.69, 9.17) is 0 Å². The minimum Gasteiger partial charge on any atom is -0.324 e. The van der Waals surface area contributed by atoms with Crippen LogP contribution in [0.25, 0.3) is 22.0 Å². The molecule has 0 amide bonds. The monoisotopic (exact) mass is 422 g/mol. The molecule has 5 heteroatoms. The summed E-state index contributed by atoms with van der Waals surface area (Å²) < 4.78 is 16.5. The molecular formula is C24H23FN2S2. The molecule has 29 heavy (non-hydrogen) atoms. The number of anilines is 1. The first-order valence-electron chi connectivity index (χ1n) is 9.29. The van der Waals surface area contributed by atoms with E-state index in [0.29, 0.717) is 10.5 Å². The number of aromatic nitrogens is 1. The fourth-order valence-corrected chi connectivity index (χ4v) is 4.13. The van der Waals surface area contributed by atoms with E-state index in [0.717, 1.165) is 39.0 Å². The van der Waals surface area contributed by atoms with Gasteiger partial charge >= 0.3 is 0 Å². The van der Waals surface area contributed by atoms with Crippen LogP contribution in [0.1, 0.15) is 12.5 Å². The molecule has 1 N–H and O–H groups in total. The smallest absolute Gasteiger partial charge is 0.116 e. The number of nitrogens with one attached hydrogen (secondary N) is 1. The van der Waals surface area contributed by atoms with Gasteiger partial charge in [-0.2, -0.15) is 0 Å². The second-order valence-electron chi connectivity index (χ2n) is 6.39. The van der Waals surface area contributed by atoms with Crippen molar-refractivity contribution >= 4 is 41.2 Å². The average Bonchev–Trinajstić information content (AvgIpc) is 2.76. The zero-order valence-corrected chi connectivity index (χ0v) is 18.0. The number of allylic oxidation sites excluding steroid dienone is 3. The highest BCUT2D eigenvalue weighted by Crippen LogP contribution is 2.35. The van der Waals surface area contributed by atoms with Crippen LogP contribution in [0.15, 0.2) is 89.3 Å². The van der Waals surface area contributed by atoms with Gasteiger partial charge < -0.3 is 4.72 Å². The fraction of sp³-hybridized carbons (Fsp3) is 0.125. The van der Waals surface area contributed by atoms with Crippen LogP contribution in [0.5, 0.6) is 0 Å². The molecule has 0 saturated carbocycles. The summed E-state index contributed by atoms with van der Waals surface area (Å²) in [6, 6.07) is 14.3. The van der Waals surface area contributed by atoms with Crippen LogP contribution in [-0.4, -0.2) is 11.7 Å². The standard InChI is InChI=1S/C24H23FN2S2/c1-4-16-10-11-18(28)14-21(16)19-12-13-26-24-20(19)8-7-9-22(24)27-29-23(6-3)17(5-2)15-25/h5-14,27-28H,2-4,15H2,1H3/b23-17-. The summed E-state index contributed by atoms with van der Waals surface area (Å²) in [5.74, 6) is 0. The Morgan fingerprint density at radius 3 is 2.69 bits per heavy atom. The number of alkyl halides is 1. The molecule has 3 aromatic rings. The summed E-state index contributed by atoms with van der Waals surface area (Å²) in [5.41, 5.74) is 5.76. The third-order valence-electron chi connectivity index (χ3n) is 4.70. The molecule has 0 aliphatic heterocycles. The first kappa shape index (κ1) is 21.2. The van der Waals surface area contributed by atoms with Gasteiger partial charge in [0.25, 0.3) is 0 Å². The Hall–Kier alpha value is -2.50. The number of nitrogens with zero attached hydrogens (tertiary/aromatic N) is 1. The summed E-state index contributed by atoms with van der Waals surface area (Å²) in [7, 11) is 0. The SMILES string of the molecule is C=C/C(CF)=C(\C=C)SNc1cccc2c(-c3cc(S)ccc3CC)ccnc12. The Labute approximate surface area is 181 Å². The Morgan fingerprint density at radius 2 is 2.00 bits per heavy atom. The quantitative estimate of drug-likeness (QED) is 0.225. The highest BCUT2D eigenvalue weighted by Gasteiger charge is 2.12. The summed E-state index contributed by atoms with van der Waals surface area (Å²) in [4.78, 5) is 6.23. The van der Waals surface area contributed by atoms with Crippen molar-refractivity contribution in [1.29, 1.82) is 0 Å². The molecule has 0 atom stereocenters. The van der Waals surface area contributed by atoms with Crippen LogP contribution in [0.4, 0.5) is 10.1 Å². The van der Waals surface area contributed by atoms with E-state index in [2.05, 4.69) is 60.6 Å². The predicted octanol–water partition coefficient (Wildman–Crippen LogP) is 7.41. The summed E-state index contributed by atoms with van der Waals surface area (Å²) in [6.07, 6.45) is 5.90. The number of benzene rings is 2. The van der Waals surface area contributed by atoms with E-state index in [1.54, 1.807) is 6.08 Å². The highest BCUT2D eigenvalue weighted by molar-refractivity contribution is 8.04. The number of aryl methyl sites for hydroxylation is 1. The van der Waals surface area contributed by atoms with Crippen molar-refractivity contribution < 1.29 is 4.39 Å². The predicted molar refractivity (Wildman–Crippen MR) is 128 cm³/mol. The van der Waals surface area contributed by atoms with Crippen LogP contribution in [0.2, 0.25) is 0 Å². The van der Waals surface area contributed by atoms with Crippen LogP contribution in [0.3, 0.4) is 0 Å². The number of thiol groups is 1. The maximum Gasteiger partial charge on any atom is 0.116 e. The van der Waals surface area contributed by atoms with Gasteiger partial charge in [0.2, 0.25) is 0 Å². The Kier molecular flexibility index (Phi) is 7.18. The number of halogens is 1. The van der Waals surface area contributed by atoms with Crippen LogP contribution < -0.4 is 4.72 Å². The van der Waals surface area contributed by atoms with Gasteiger partial charge in [-0.3, -0.25) is 4.98 Å². The molecule has 3 rings (SSSR count). The van der Waals surface area contributed by atoms with Crippen molar-refractivity contribution in [2.75, 3.05) is 11.4 Å². The van der Waals surface area contributed by atoms with E-state index in [-0.39, 0.29) is 0 Å². The van der Waals surface area contributed by atoms with Gasteiger partial charge in [0.15, 0.2) is 0 Å². The number of para-hydroxylation sites is 1. The number of hydrogen-bond donors (Lipinski definition) is 2. The molecule has 0 aliphatic rings. The minimum atomic E-state index is -0.586. The van der Waals surface area contributed by atoms with Gasteiger partial charge in [-0.15, -0.1) is 12.6 Å². The normalized spacial score (nSPS) is 11.8. The summed E-state index contributed by atoms with van der Waals surface area (Å²) >= 11 is 5.83. The van der Waals surface area contributed by atoms with Crippen molar-refractivity contribution in [1.82, 2.24) is 4.98 Å². The number of rotatable bonds is 8. The van der Waals surface area contributed by atoms with Crippen molar-refractivity contribution in [2.45, 2.75) is 18.2 Å². The molecule has 0 bridgehead atoms. The zero-order chi connectivity index (χ0) is 20.8. The summed E-state index contributed by atoms with van der Waals surface area (Å²) in [5, 5.41) is 1.05. The highest BCUT2D eigenvalue weighted by atomic mass is 32.2. The lowest BCUT2D eigenvalue weighted by Gasteiger charge is -2.14. The van der Waals surface area contributed by atoms with Gasteiger partial charge in [-0.05, 0) is 64.9 Å². The topological polar surface area (TPSA) is 24.9 Å². The lowest BCUT2D eigenvalue weighted by atomic mass is 9.95. The van der Waals surface area contributed by atoms with Crippen molar-refractivity contribution in [3.05, 3.63) is 90.0 Å². The molecule has 0 spiro atoms. The van der Waals surface area contributed by atoms with E-state index >= 15 is 0 Å². The molecule has 2 aromatic carbocycles. The number of hydrogen-bond acceptors (Lipinski definition) is 4. The zero-order valence-electron chi connectivity index (χ0n) is 16.3. The first-order chi connectivity index (χ1) is 14.1. The Balaban J connectivity index is 2.07. The fourth-order valence-electron chi connectivity index (χ4n) is 3.19. The molecular weight excluding hydrogens is 399 g/mol.